The minimum Gasteiger partial charge on any atom is -0.402 e. The quantitative estimate of drug-likeness (QED) is 0.611. The number of hydrogen-bond acceptors (Lipinski definition) is 2. The van der Waals surface area contributed by atoms with E-state index in [9.17, 15) is 4.79 Å². The van der Waals surface area contributed by atoms with Crippen LogP contribution in [-0.4, -0.2) is 5.78 Å². The fraction of sp³-hybridized carbons (Fsp3) is 0.357. The van der Waals surface area contributed by atoms with Crippen molar-refractivity contribution in [2.75, 3.05) is 0 Å². The monoisotopic (exact) mass is 217 g/mol. The van der Waals surface area contributed by atoms with E-state index in [4.69, 9.17) is 5.73 Å². The van der Waals surface area contributed by atoms with Crippen molar-refractivity contribution < 1.29 is 4.79 Å². The maximum atomic E-state index is 11.7. The number of rotatable bonds is 2. The number of carbonyl (C=O) groups excluding carboxylic acids is 1. The molecule has 1 aromatic rings. The van der Waals surface area contributed by atoms with Crippen LogP contribution in [0, 0.1) is 0 Å². The van der Waals surface area contributed by atoms with Gasteiger partial charge in [0.25, 0.3) is 0 Å². The molecule has 0 radical (unpaired) electrons. The van der Waals surface area contributed by atoms with Crippen LogP contribution in [-0.2, 0) is 5.41 Å². The van der Waals surface area contributed by atoms with E-state index in [1.807, 2.05) is 24.3 Å². The van der Waals surface area contributed by atoms with Crippen molar-refractivity contribution in [3.8, 4) is 0 Å². The molecular formula is C14H19NO. The van der Waals surface area contributed by atoms with Gasteiger partial charge in [-0.15, -0.1) is 0 Å². The van der Waals surface area contributed by atoms with Crippen LogP contribution in [0.4, 0.5) is 0 Å². The van der Waals surface area contributed by atoms with E-state index in [2.05, 4.69) is 20.8 Å². The average molecular weight is 217 g/mol. The van der Waals surface area contributed by atoms with Gasteiger partial charge in [-0.05, 0) is 17.9 Å². The third kappa shape index (κ3) is 3.23. The maximum Gasteiger partial charge on any atom is 0.187 e. The minimum atomic E-state index is -0.0412. The van der Waals surface area contributed by atoms with Gasteiger partial charge in [-0.25, -0.2) is 0 Å². The lowest BCUT2D eigenvalue weighted by atomic mass is 9.86. The Kier molecular flexibility index (Phi) is 3.53. The second-order valence-electron chi connectivity index (χ2n) is 5.08. The Bertz CT molecular complexity index is 403. The summed E-state index contributed by atoms with van der Waals surface area (Å²) in [6.45, 7) is 8.15. The molecule has 0 fully saturated rings. The first kappa shape index (κ1) is 12.5. The Morgan fingerprint density at radius 2 is 1.69 bits per heavy atom. The predicted molar refractivity (Wildman–Crippen MR) is 67.4 cm³/mol. The molecule has 86 valence electrons. The van der Waals surface area contributed by atoms with Crippen LogP contribution in [0.5, 0.6) is 0 Å². The second-order valence-corrected chi connectivity index (χ2v) is 5.08. The normalized spacial score (nSPS) is 12.6. The highest BCUT2D eigenvalue weighted by Gasteiger charge is 2.13. The summed E-state index contributed by atoms with van der Waals surface area (Å²) in [5.74, 6) is -0.0412. The van der Waals surface area contributed by atoms with Crippen LogP contribution in [0.3, 0.4) is 0 Å². The predicted octanol–water partition coefficient (Wildman–Crippen LogP) is 3.03. The smallest absolute Gasteiger partial charge is 0.187 e. The molecule has 0 amide bonds. The number of benzene rings is 1. The van der Waals surface area contributed by atoms with Crippen molar-refractivity contribution in [3.05, 3.63) is 47.2 Å². The van der Waals surface area contributed by atoms with Gasteiger partial charge in [0.2, 0.25) is 0 Å². The Morgan fingerprint density at radius 3 is 2.06 bits per heavy atom. The van der Waals surface area contributed by atoms with Gasteiger partial charge in [-0.3, -0.25) is 4.79 Å². The molecule has 0 spiro atoms. The Balaban J connectivity index is 2.96. The number of allylic oxidation sites excluding steroid dienone is 2. The van der Waals surface area contributed by atoms with Gasteiger partial charge >= 0.3 is 0 Å². The molecule has 2 heteroatoms. The van der Waals surface area contributed by atoms with E-state index < -0.39 is 0 Å². The van der Waals surface area contributed by atoms with E-state index in [-0.39, 0.29) is 11.2 Å². The Labute approximate surface area is 97.2 Å². The van der Waals surface area contributed by atoms with Gasteiger partial charge in [-0.2, -0.15) is 0 Å². The molecule has 0 bridgehead atoms. The number of carbonyl (C=O) groups is 1. The van der Waals surface area contributed by atoms with Crippen LogP contribution in [0.2, 0.25) is 0 Å². The summed E-state index contributed by atoms with van der Waals surface area (Å²) in [6, 6.07) is 7.69. The van der Waals surface area contributed by atoms with Crippen molar-refractivity contribution in [1.82, 2.24) is 0 Å². The molecule has 0 saturated carbocycles. The van der Waals surface area contributed by atoms with Crippen molar-refractivity contribution in [1.29, 1.82) is 0 Å². The maximum absolute atomic E-state index is 11.7. The molecular weight excluding hydrogens is 198 g/mol. The topological polar surface area (TPSA) is 43.1 Å². The van der Waals surface area contributed by atoms with Gasteiger partial charge in [0.15, 0.2) is 5.78 Å². The number of hydrogen-bond donors (Lipinski definition) is 1. The molecule has 1 rings (SSSR count). The lowest BCUT2D eigenvalue weighted by molar-refractivity contribution is 0.104. The molecule has 0 aliphatic heterocycles. The fourth-order valence-electron chi connectivity index (χ4n) is 1.42. The van der Waals surface area contributed by atoms with Crippen molar-refractivity contribution in [2.24, 2.45) is 5.73 Å². The summed E-state index contributed by atoms with van der Waals surface area (Å²) >= 11 is 0. The molecule has 0 atom stereocenters. The van der Waals surface area contributed by atoms with Crippen molar-refractivity contribution in [2.45, 2.75) is 33.1 Å². The van der Waals surface area contributed by atoms with E-state index >= 15 is 0 Å². The van der Waals surface area contributed by atoms with E-state index in [0.717, 1.165) is 0 Å². The molecule has 16 heavy (non-hydrogen) atoms. The minimum absolute atomic E-state index is 0.0412. The molecule has 0 aliphatic carbocycles. The molecule has 0 saturated heterocycles. The summed E-state index contributed by atoms with van der Waals surface area (Å²) in [4.78, 5) is 11.7. The first-order valence-electron chi connectivity index (χ1n) is 5.39. The second kappa shape index (κ2) is 4.52. The molecule has 0 aromatic heterocycles. The highest BCUT2D eigenvalue weighted by Crippen LogP contribution is 2.22. The number of ketones is 1. The zero-order valence-electron chi connectivity index (χ0n) is 10.4. The largest absolute Gasteiger partial charge is 0.402 e. The van der Waals surface area contributed by atoms with Crippen molar-refractivity contribution in [3.63, 3.8) is 0 Å². The SMILES string of the molecule is C/C(N)=C/C(=O)c1ccc(C(C)(C)C)cc1. The third-order valence-corrected chi connectivity index (χ3v) is 2.39. The van der Waals surface area contributed by atoms with Crippen molar-refractivity contribution >= 4 is 5.78 Å². The van der Waals surface area contributed by atoms with Gasteiger partial charge in [0.05, 0.1) is 0 Å². The number of nitrogens with two attached hydrogens (primary N) is 1. The first-order chi connectivity index (χ1) is 7.30. The highest BCUT2D eigenvalue weighted by atomic mass is 16.1. The van der Waals surface area contributed by atoms with E-state index in [0.29, 0.717) is 11.3 Å². The van der Waals surface area contributed by atoms with E-state index in [1.165, 1.54) is 11.6 Å². The molecule has 2 N–H and O–H groups in total. The Morgan fingerprint density at radius 1 is 1.19 bits per heavy atom. The average Bonchev–Trinajstić information content (AvgIpc) is 2.15. The van der Waals surface area contributed by atoms with Crippen LogP contribution in [0.15, 0.2) is 36.0 Å². The molecule has 0 aliphatic rings. The summed E-state index contributed by atoms with van der Waals surface area (Å²) in [7, 11) is 0. The van der Waals surface area contributed by atoms with Crippen LogP contribution < -0.4 is 5.73 Å². The zero-order chi connectivity index (χ0) is 12.3. The summed E-state index contributed by atoms with van der Waals surface area (Å²) in [5.41, 5.74) is 8.01. The van der Waals surface area contributed by atoms with Gasteiger partial charge < -0.3 is 5.73 Å². The van der Waals surface area contributed by atoms with Crippen LogP contribution >= 0.6 is 0 Å². The lowest BCUT2D eigenvalue weighted by Crippen LogP contribution is -2.11. The zero-order valence-corrected chi connectivity index (χ0v) is 10.4. The van der Waals surface area contributed by atoms with Crippen LogP contribution in [0.25, 0.3) is 0 Å². The lowest BCUT2D eigenvalue weighted by Gasteiger charge is -2.18. The molecule has 0 unspecified atom stereocenters. The van der Waals surface area contributed by atoms with Crippen LogP contribution in [0.1, 0.15) is 43.6 Å². The molecule has 1 aromatic carbocycles. The van der Waals surface area contributed by atoms with Gasteiger partial charge in [0.1, 0.15) is 0 Å². The van der Waals surface area contributed by atoms with E-state index in [1.54, 1.807) is 6.92 Å². The highest BCUT2D eigenvalue weighted by molar-refractivity contribution is 6.04. The fourth-order valence-corrected chi connectivity index (χ4v) is 1.42. The third-order valence-electron chi connectivity index (χ3n) is 2.39. The molecule has 2 nitrogen and oxygen atoms in total. The first-order valence-corrected chi connectivity index (χ1v) is 5.39. The summed E-state index contributed by atoms with van der Waals surface area (Å²) in [5, 5.41) is 0. The molecule has 0 heterocycles. The van der Waals surface area contributed by atoms with Gasteiger partial charge in [-0.1, -0.05) is 45.0 Å². The summed E-state index contributed by atoms with van der Waals surface area (Å²) < 4.78 is 0. The summed E-state index contributed by atoms with van der Waals surface area (Å²) in [6.07, 6.45) is 1.45. The Hall–Kier alpha value is -1.57. The van der Waals surface area contributed by atoms with Gasteiger partial charge in [0, 0.05) is 17.3 Å². The standard InChI is InChI=1S/C14H19NO/c1-10(15)9-13(16)11-5-7-12(8-6-11)14(2,3)4/h5-9H,15H2,1-4H3/b10-9-.